The predicted octanol–water partition coefficient (Wildman–Crippen LogP) is 3.04. The summed E-state index contributed by atoms with van der Waals surface area (Å²) in [5.74, 6) is 1.54. The summed E-state index contributed by atoms with van der Waals surface area (Å²) in [4.78, 5) is 12.3. The summed E-state index contributed by atoms with van der Waals surface area (Å²) in [5.41, 5.74) is 4.98. The molecular formula is C20H22N4O2. The molecule has 0 N–H and O–H groups in total. The second-order valence-corrected chi connectivity index (χ2v) is 6.97. The summed E-state index contributed by atoms with van der Waals surface area (Å²) in [6.45, 7) is 4.50. The van der Waals surface area contributed by atoms with Crippen LogP contribution in [0.4, 0.5) is 0 Å². The number of tetrazole rings is 1. The van der Waals surface area contributed by atoms with Gasteiger partial charge in [0.15, 0.2) is 0 Å². The van der Waals surface area contributed by atoms with E-state index in [1.807, 2.05) is 25.1 Å². The van der Waals surface area contributed by atoms with Gasteiger partial charge in [0.25, 0.3) is 0 Å². The average Bonchev–Trinajstić information content (AvgIpc) is 3.41. The summed E-state index contributed by atoms with van der Waals surface area (Å²) in [7, 11) is 1.59. The van der Waals surface area contributed by atoms with Crippen LogP contribution in [0.15, 0.2) is 41.2 Å². The van der Waals surface area contributed by atoms with Gasteiger partial charge in [-0.1, -0.05) is 29.8 Å². The second kappa shape index (κ2) is 6.44. The van der Waals surface area contributed by atoms with Gasteiger partial charge in [-0.15, -0.1) is 0 Å². The number of benzene rings is 2. The van der Waals surface area contributed by atoms with E-state index in [1.165, 1.54) is 33.3 Å². The first-order chi connectivity index (χ1) is 12.5. The van der Waals surface area contributed by atoms with Gasteiger partial charge in [0.1, 0.15) is 12.4 Å². The lowest BCUT2D eigenvalue weighted by Gasteiger charge is -2.15. The maximum Gasteiger partial charge on any atom is 0.368 e. The van der Waals surface area contributed by atoms with Crippen LogP contribution < -0.4 is 10.4 Å². The van der Waals surface area contributed by atoms with E-state index in [9.17, 15) is 4.79 Å². The molecule has 1 aliphatic carbocycles. The standard InChI is InChI=1S/C20H22N4O2/c1-13-7-10-19(16(11-13)15-8-9-15)26-12-17-14(2)5-4-6-18(17)24-20(25)23(3)21-22-24/h4-7,10-11,15H,8-9,12H2,1-3H3. The fourth-order valence-electron chi connectivity index (χ4n) is 3.20. The zero-order chi connectivity index (χ0) is 18.3. The predicted molar refractivity (Wildman–Crippen MR) is 98.8 cm³/mol. The molecule has 4 rings (SSSR count). The lowest BCUT2D eigenvalue weighted by atomic mass is 10.1. The number of rotatable bonds is 5. The lowest BCUT2D eigenvalue weighted by molar-refractivity contribution is 0.301. The van der Waals surface area contributed by atoms with Crippen molar-refractivity contribution in [3.8, 4) is 11.4 Å². The molecule has 0 atom stereocenters. The van der Waals surface area contributed by atoms with Crippen LogP contribution in [0.3, 0.4) is 0 Å². The molecule has 0 saturated heterocycles. The number of ether oxygens (including phenoxy) is 1. The zero-order valence-electron chi connectivity index (χ0n) is 15.3. The first kappa shape index (κ1) is 16.6. The Morgan fingerprint density at radius 2 is 1.96 bits per heavy atom. The van der Waals surface area contributed by atoms with Gasteiger partial charge >= 0.3 is 5.69 Å². The first-order valence-electron chi connectivity index (χ1n) is 8.86. The van der Waals surface area contributed by atoms with E-state index in [4.69, 9.17) is 4.74 Å². The van der Waals surface area contributed by atoms with E-state index < -0.39 is 0 Å². The van der Waals surface area contributed by atoms with Crippen molar-refractivity contribution in [3.05, 3.63) is 69.1 Å². The van der Waals surface area contributed by atoms with Gasteiger partial charge < -0.3 is 4.74 Å². The minimum absolute atomic E-state index is 0.272. The third-order valence-electron chi connectivity index (χ3n) is 4.89. The van der Waals surface area contributed by atoms with Gasteiger partial charge in [0.05, 0.1) is 5.69 Å². The number of aromatic nitrogens is 4. The van der Waals surface area contributed by atoms with Crippen molar-refractivity contribution in [2.45, 2.75) is 39.2 Å². The Morgan fingerprint density at radius 3 is 2.65 bits per heavy atom. The summed E-state index contributed by atoms with van der Waals surface area (Å²) in [6, 6.07) is 12.2. The molecule has 2 aromatic carbocycles. The first-order valence-corrected chi connectivity index (χ1v) is 8.86. The summed E-state index contributed by atoms with van der Waals surface area (Å²) in [6.07, 6.45) is 2.45. The highest BCUT2D eigenvalue weighted by Gasteiger charge is 2.27. The Hall–Kier alpha value is -2.89. The minimum atomic E-state index is -0.272. The quantitative estimate of drug-likeness (QED) is 0.709. The number of nitrogens with zero attached hydrogens (tertiary/aromatic N) is 4. The normalized spacial score (nSPS) is 13.8. The highest BCUT2D eigenvalue weighted by Crippen LogP contribution is 2.44. The molecule has 1 fully saturated rings. The molecule has 26 heavy (non-hydrogen) atoms. The second-order valence-electron chi connectivity index (χ2n) is 6.97. The van der Waals surface area contributed by atoms with Crippen LogP contribution in [0.25, 0.3) is 5.69 Å². The van der Waals surface area contributed by atoms with Gasteiger partial charge in [-0.25, -0.2) is 4.79 Å². The maximum absolute atomic E-state index is 12.3. The molecule has 0 aliphatic heterocycles. The third kappa shape index (κ3) is 3.03. The molecule has 6 nitrogen and oxygen atoms in total. The largest absolute Gasteiger partial charge is 0.489 e. The van der Waals surface area contributed by atoms with Crippen LogP contribution >= 0.6 is 0 Å². The van der Waals surface area contributed by atoms with Gasteiger partial charge in [-0.3, -0.25) is 0 Å². The Labute approximate surface area is 152 Å². The molecule has 134 valence electrons. The topological polar surface area (TPSA) is 61.9 Å². The highest BCUT2D eigenvalue weighted by molar-refractivity contribution is 5.46. The molecule has 0 spiro atoms. The Kier molecular flexibility index (Phi) is 4.11. The molecule has 0 bridgehead atoms. The Balaban J connectivity index is 1.68. The van der Waals surface area contributed by atoms with Gasteiger partial charge in [0, 0.05) is 12.6 Å². The van der Waals surface area contributed by atoms with Crippen molar-refractivity contribution < 1.29 is 4.74 Å². The van der Waals surface area contributed by atoms with E-state index in [0.29, 0.717) is 18.2 Å². The molecule has 0 unspecified atom stereocenters. The van der Waals surface area contributed by atoms with Crippen LogP contribution in [0.2, 0.25) is 0 Å². The van der Waals surface area contributed by atoms with Crippen molar-refractivity contribution in [1.29, 1.82) is 0 Å². The average molecular weight is 350 g/mol. The van der Waals surface area contributed by atoms with Crippen molar-refractivity contribution in [2.75, 3.05) is 0 Å². The Morgan fingerprint density at radius 1 is 1.15 bits per heavy atom. The van der Waals surface area contributed by atoms with Crippen LogP contribution in [0, 0.1) is 13.8 Å². The van der Waals surface area contributed by atoms with Crippen LogP contribution in [-0.4, -0.2) is 19.8 Å². The number of hydrogen-bond donors (Lipinski definition) is 0. The molecule has 1 aromatic heterocycles. The molecule has 1 saturated carbocycles. The van der Waals surface area contributed by atoms with Crippen molar-refractivity contribution in [2.24, 2.45) is 7.05 Å². The van der Waals surface area contributed by atoms with Crippen molar-refractivity contribution in [1.82, 2.24) is 19.8 Å². The van der Waals surface area contributed by atoms with E-state index in [-0.39, 0.29) is 5.69 Å². The summed E-state index contributed by atoms with van der Waals surface area (Å²) in [5, 5.41) is 7.78. The minimum Gasteiger partial charge on any atom is -0.489 e. The van der Waals surface area contributed by atoms with Crippen LogP contribution in [0.5, 0.6) is 5.75 Å². The number of hydrogen-bond acceptors (Lipinski definition) is 4. The fraction of sp³-hybridized carbons (Fsp3) is 0.350. The van der Waals surface area contributed by atoms with Crippen molar-refractivity contribution in [3.63, 3.8) is 0 Å². The van der Waals surface area contributed by atoms with Crippen molar-refractivity contribution >= 4 is 0 Å². The monoisotopic (exact) mass is 350 g/mol. The molecule has 6 heteroatoms. The SMILES string of the molecule is Cc1ccc(OCc2c(C)cccc2-n2nnn(C)c2=O)c(C2CC2)c1. The van der Waals surface area contributed by atoms with E-state index in [0.717, 1.165) is 16.9 Å². The van der Waals surface area contributed by atoms with Gasteiger partial charge in [0.2, 0.25) is 0 Å². The fourth-order valence-corrected chi connectivity index (χ4v) is 3.20. The van der Waals surface area contributed by atoms with E-state index in [1.54, 1.807) is 7.05 Å². The van der Waals surface area contributed by atoms with E-state index in [2.05, 4.69) is 35.5 Å². The van der Waals surface area contributed by atoms with E-state index >= 15 is 0 Å². The molecule has 3 aromatic rings. The molecule has 0 radical (unpaired) electrons. The Bertz CT molecular complexity index is 1010. The third-order valence-corrected chi connectivity index (χ3v) is 4.89. The molecule has 0 amide bonds. The maximum atomic E-state index is 12.3. The summed E-state index contributed by atoms with van der Waals surface area (Å²) >= 11 is 0. The molecule has 1 heterocycles. The zero-order valence-corrected chi connectivity index (χ0v) is 15.3. The smallest absolute Gasteiger partial charge is 0.368 e. The van der Waals surface area contributed by atoms with Crippen LogP contribution in [-0.2, 0) is 13.7 Å². The summed E-state index contributed by atoms with van der Waals surface area (Å²) < 4.78 is 8.74. The molecule has 1 aliphatic rings. The van der Waals surface area contributed by atoms with Crippen LogP contribution in [0.1, 0.15) is 41.0 Å². The number of aryl methyl sites for hydroxylation is 3. The van der Waals surface area contributed by atoms with Gasteiger partial charge in [-0.2, -0.15) is 9.36 Å². The van der Waals surface area contributed by atoms with Gasteiger partial charge in [-0.05, 0) is 66.3 Å². The highest BCUT2D eigenvalue weighted by atomic mass is 16.5. The lowest BCUT2D eigenvalue weighted by Crippen LogP contribution is -2.23. The molecular weight excluding hydrogens is 328 g/mol.